The molecule has 0 bridgehead atoms. The molecule has 0 atom stereocenters. The number of urea groups is 1. The highest BCUT2D eigenvalue weighted by Crippen LogP contribution is 2.36. The lowest BCUT2D eigenvalue weighted by atomic mass is 10.0. The number of amides is 3. The topological polar surface area (TPSA) is 64.7 Å². The number of anilines is 1. The van der Waals surface area contributed by atoms with E-state index in [4.69, 9.17) is 0 Å². The fourth-order valence-electron chi connectivity index (χ4n) is 4.54. The van der Waals surface area contributed by atoms with Crippen molar-refractivity contribution in [1.82, 2.24) is 15.1 Å². The van der Waals surface area contributed by atoms with Gasteiger partial charge in [-0.2, -0.15) is 26.3 Å². The van der Waals surface area contributed by atoms with Gasteiger partial charge in [-0.25, -0.2) is 4.79 Å². The molecule has 1 aliphatic heterocycles. The number of carbonyl (C=O) groups excluding carboxylic acids is 2. The molecule has 12 heteroatoms. The molecule has 0 aliphatic carbocycles. The second kappa shape index (κ2) is 15.6. The number of likely N-dealkylation sites (tertiary alicyclic amines) is 1. The molecule has 0 spiro atoms. The SMILES string of the molecule is CN(CCc1cc(C(F)(F)F)cc(C(F)(F)F)c1)C(=O)CN1CCC(NC(=O)Nc2ccccc2)CC1.Cc1ccccc1. The molecule has 0 aromatic heterocycles. The van der Waals surface area contributed by atoms with E-state index in [1.54, 1.807) is 12.1 Å². The summed E-state index contributed by atoms with van der Waals surface area (Å²) in [6, 6.07) is 20.3. The lowest BCUT2D eigenvalue weighted by molar-refractivity contribution is -0.143. The van der Waals surface area contributed by atoms with E-state index in [0.29, 0.717) is 43.8 Å². The molecular formula is C32H36F6N4O2. The number of hydrogen-bond acceptors (Lipinski definition) is 3. The molecule has 238 valence electrons. The van der Waals surface area contributed by atoms with E-state index in [9.17, 15) is 35.9 Å². The number of alkyl halides is 6. The van der Waals surface area contributed by atoms with Gasteiger partial charge in [-0.3, -0.25) is 9.69 Å². The Hall–Kier alpha value is -4.06. The van der Waals surface area contributed by atoms with Gasteiger partial charge in [0.2, 0.25) is 5.91 Å². The van der Waals surface area contributed by atoms with Crippen LogP contribution in [0.25, 0.3) is 0 Å². The van der Waals surface area contributed by atoms with Gasteiger partial charge in [0.05, 0.1) is 17.7 Å². The summed E-state index contributed by atoms with van der Waals surface area (Å²) in [7, 11) is 1.46. The lowest BCUT2D eigenvalue weighted by Crippen LogP contribution is -2.48. The Labute approximate surface area is 253 Å². The molecule has 6 nitrogen and oxygen atoms in total. The number of nitrogens with one attached hydrogen (secondary N) is 2. The third-order valence-electron chi connectivity index (χ3n) is 7.06. The van der Waals surface area contributed by atoms with Crippen molar-refractivity contribution in [2.24, 2.45) is 0 Å². The Morgan fingerprint density at radius 3 is 1.84 bits per heavy atom. The molecule has 3 amide bonds. The van der Waals surface area contributed by atoms with Crippen LogP contribution in [-0.4, -0.2) is 61.0 Å². The van der Waals surface area contributed by atoms with Crippen LogP contribution in [-0.2, 0) is 23.6 Å². The van der Waals surface area contributed by atoms with E-state index >= 15 is 0 Å². The molecule has 0 saturated carbocycles. The number of carbonyl (C=O) groups is 2. The number of para-hydroxylation sites is 1. The Balaban J connectivity index is 0.000000662. The van der Waals surface area contributed by atoms with Crippen LogP contribution < -0.4 is 10.6 Å². The highest BCUT2D eigenvalue weighted by Gasteiger charge is 2.37. The van der Waals surface area contributed by atoms with E-state index in [1.165, 1.54) is 17.5 Å². The zero-order valence-corrected chi connectivity index (χ0v) is 24.5. The number of benzene rings is 3. The predicted molar refractivity (Wildman–Crippen MR) is 157 cm³/mol. The van der Waals surface area contributed by atoms with Crippen molar-refractivity contribution in [2.45, 2.75) is 44.6 Å². The average molecular weight is 623 g/mol. The van der Waals surface area contributed by atoms with Crippen LogP contribution in [0.5, 0.6) is 0 Å². The molecular weight excluding hydrogens is 586 g/mol. The summed E-state index contributed by atoms with van der Waals surface area (Å²) in [5.74, 6) is -0.295. The van der Waals surface area contributed by atoms with Crippen molar-refractivity contribution in [2.75, 3.05) is 38.5 Å². The van der Waals surface area contributed by atoms with Gasteiger partial charge in [0, 0.05) is 38.4 Å². The third kappa shape index (κ3) is 11.6. The molecule has 44 heavy (non-hydrogen) atoms. The number of halogens is 6. The summed E-state index contributed by atoms with van der Waals surface area (Å²) in [5, 5.41) is 5.65. The number of likely N-dealkylation sites (N-methyl/N-ethyl adjacent to an activating group) is 1. The van der Waals surface area contributed by atoms with Crippen molar-refractivity contribution in [3.63, 3.8) is 0 Å². The highest BCUT2D eigenvalue weighted by atomic mass is 19.4. The molecule has 3 aromatic carbocycles. The number of aryl methyl sites for hydroxylation is 1. The standard InChI is InChI=1S/C25H28F6N4O2.C7H8/c1-34(10-7-17-13-18(24(26,27)28)15-19(14-17)25(29,30)31)22(36)16-35-11-8-21(9-12-35)33-23(37)32-20-5-3-2-4-6-20;1-7-5-3-2-4-6-7/h2-6,13-15,21H,7-12,16H2,1H3,(H2,32,33,37);2-6H,1H3. The van der Waals surface area contributed by atoms with E-state index in [0.717, 1.165) is 0 Å². The number of rotatable bonds is 7. The zero-order chi connectivity index (χ0) is 32.3. The van der Waals surface area contributed by atoms with Crippen molar-refractivity contribution in [1.29, 1.82) is 0 Å². The summed E-state index contributed by atoms with van der Waals surface area (Å²) in [4.78, 5) is 27.9. The maximum Gasteiger partial charge on any atom is 0.416 e. The van der Waals surface area contributed by atoms with Gasteiger partial charge >= 0.3 is 18.4 Å². The first-order valence-corrected chi connectivity index (χ1v) is 14.1. The molecule has 1 saturated heterocycles. The predicted octanol–water partition coefficient (Wildman–Crippen LogP) is 7.01. The van der Waals surface area contributed by atoms with Crippen LogP contribution in [0, 0.1) is 6.92 Å². The van der Waals surface area contributed by atoms with Crippen molar-refractivity contribution in [3.05, 3.63) is 101 Å². The van der Waals surface area contributed by atoms with E-state index in [-0.39, 0.29) is 49.1 Å². The van der Waals surface area contributed by atoms with Crippen LogP contribution in [0.1, 0.15) is 35.1 Å². The molecule has 1 fully saturated rings. The Morgan fingerprint density at radius 1 is 0.841 bits per heavy atom. The first kappa shape index (κ1) is 34.4. The minimum Gasteiger partial charge on any atom is -0.344 e. The molecule has 1 heterocycles. The van der Waals surface area contributed by atoms with Gasteiger partial charge in [0.15, 0.2) is 0 Å². The van der Waals surface area contributed by atoms with E-state index in [2.05, 4.69) is 29.7 Å². The van der Waals surface area contributed by atoms with E-state index < -0.39 is 23.5 Å². The van der Waals surface area contributed by atoms with Crippen LogP contribution in [0.2, 0.25) is 0 Å². The average Bonchev–Trinajstić information content (AvgIpc) is 2.97. The largest absolute Gasteiger partial charge is 0.416 e. The van der Waals surface area contributed by atoms with Crippen LogP contribution in [0.3, 0.4) is 0 Å². The Morgan fingerprint density at radius 2 is 1.36 bits per heavy atom. The van der Waals surface area contributed by atoms with Crippen molar-refractivity contribution >= 4 is 17.6 Å². The maximum atomic E-state index is 13.1. The first-order chi connectivity index (χ1) is 20.7. The summed E-state index contributed by atoms with van der Waals surface area (Å²) < 4.78 is 78.3. The quantitative estimate of drug-likeness (QED) is 0.279. The third-order valence-corrected chi connectivity index (χ3v) is 7.06. The second-order valence-electron chi connectivity index (χ2n) is 10.6. The number of piperidine rings is 1. The number of nitrogens with zero attached hydrogens (tertiary/aromatic N) is 2. The highest BCUT2D eigenvalue weighted by molar-refractivity contribution is 5.89. The Bertz CT molecular complexity index is 1310. The van der Waals surface area contributed by atoms with Crippen molar-refractivity contribution < 1.29 is 35.9 Å². The molecule has 2 N–H and O–H groups in total. The molecule has 0 radical (unpaired) electrons. The Kier molecular flexibility index (Phi) is 12.2. The summed E-state index contributed by atoms with van der Waals surface area (Å²) >= 11 is 0. The minimum atomic E-state index is -4.92. The number of hydrogen-bond donors (Lipinski definition) is 2. The molecule has 1 aliphatic rings. The van der Waals surface area contributed by atoms with Crippen LogP contribution >= 0.6 is 0 Å². The lowest BCUT2D eigenvalue weighted by Gasteiger charge is -2.32. The van der Waals surface area contributed by atoms with Gasteiger partial charge in [-0.1, -0.05) is 54.1 Å². The summed E-state index contributed by atoms with van der Waals surface area (Å²) in [5.41, 5.74) is -0.906. The second-order valence-corrected chi connectivity index (χ2v) is 10.6. The molecule has 4 rings (SSSR count). The fraction of sp³-hybridized carbons (Fsp3) is 0.375. The van der Waals surface area contributed by atoms with Gasteiger partial charge in [-0.15, -0.1) is 0 Å². The van der Waals surface area contributed by atoms with Gasteiger partial charge < -0.3 is 15.5 Å². The smallest absolute Gasteiger partial charge is 0.344 e. The van der Waals surface area contributed by atoms with Gasteiger partial charge in [0.25, 0.3) is 0 Å². The fourth-order valence-corrected chi connectivity index (χ4v) is 4.54. The monoisotopic (exact) mass is 622 g/mol. The zero-order valence-electron chi connectivity index (χ0n) is 24.5. The van der Waals surface area contributed by atoms with E-state index in [1.807, 2.05) is 41.3 Å². The molecule has 0 unspecified atom stereocenters. The normalized spacial score (nSPS) is 14.3. The molecule has 3 aromatic rings. The maximum absolute atomic E-state index is 13.1. The van der Waals surface area contributed by atoms with Gasteiger partial charge in [-0.05, 0) is 62.1 Å². The van der Waals surface area contributed by atoms with Crippen LogP contribution in [0.15, 0.2) is 78.9 Å². The van der Waals surface area contributed by atoms with Crippen LogP contribution in [0.4, 0.5) is 36.8 Å². The van der Waals surface area contributed by atoms with Crippen molar-refractivity contribution in [3.8, 4) is 0 Å². The summed E-state index contributed by atoms with van der Waals surface area (Å²) in [6.45, 7) is 3.22. The first-order valence-electron chi connectivity index (χ1n) is 14.1. The summed E-state index contributed by atoms with van der Waals surface area (Å²) in [6.07, 6.45) is -8.73. The van der Waals surface area contributed by atoms with Gasteiger partial charge in [0.1, 0.15) is 0 Å². The minimum absolute atomic E-state index is 0.0326.